The van der Waals surface area contributed by atoms with Crippen LogP contribution < -0.4 is 5.73 Å². The summed E-state index contributed by atoms with van der Waals surface area (Å²) in [6.07, 6.45) is 3.65. The number of halogens is 1. The van der Waals surface area contributed by atoms with Crippen molar-refractivity contribution in [2.24, 2.45) is 0 Å². The molecule has 0 unspecified atom stereocenters. The maximum atomic E-state index is 6.02. The number of benzene rings is 1. The second kappa shape index (κ2) is 5.77. The number of para-hydroxylation sites is 1. The predicted molar refractivity (Wildman–Crippen MR) is 88.9 cm³/mol. The maximum absolute atomic E-state index is 6.02. The van der Waals surface area contributed by atoms with E-state index in [4.69, 9.17) is 5.73 Å². The fourth-order valence-electron chi connectivity index (χ4n) is 2.33. The van der Waals surface area contributed by atoms with Crippen LogP contribution in [0, 0.1) is 0 Å². The van der Waals surface area contributed by atoms with Crippen molar-refractivity contribution in [3.8, 4) is 11.4 Å². The van der Waals surface area contributed by atoms with Crippen LogP contribution in [-0.2, 0) is 6.42 Å². The molecule has 0 fully saturated rings. The zero-order chi connectivity index (χ0) is 14.8. The molecule has 2 heterocycles. The Kier molecular flexibility index (Phi) is 3.84. The number of pyridine rings is 1. The average molecular weight is 343 g/mol. The zero-order valence-corrected chi connectivity index (χ0v) is 13.3. The van der Waals surface area contributed by atoms with Gasteiger partial charge in [-0.2, -0.15) is 0 Å². The van der Waals surface area contributed by atoms with Crippen LogP contribution in [0.4, 0.5) is 5.82 Å². The van der Waals surface area contributed by atoms with Gasteiger partial charge < -0.3 is 5.73 Å². The summed E-state index contributed by atoms with van der Waals surface area (Å²) in [4.78, 5) is 13.5. The van der Waals surface area contributed by atoms with Gasteiger partial charge in [0.25, 0.3) is 0 Å². The monoisotopic (exact) mass is 342 g/mol. The molecule has 0 aliphatic rings. The Morgan fingerprint density at radius 2 is 1.95 bits per heavy atom. The third-order valence-corrected chi connectivity index (χ3v) is 4.19. The molecule has 0 atom stereocenters. The third-order valence-electron chi connectivity index (χ3n) is 3.32. The number of aromatic nitrogens is 3. The number of nitrogen functional groups attached to an aromatic ring is 1. The molecule has 0 aliphatic heterocycles. The van der Waals surface area contributed by atoms with Crippen LogP contribution in [-0.4, -0.2) is 15.0 Å². The molecular weight excluding hydrogens is 328 g/mol. The van der Waals surface area contributed by atoms with Gasteiger partial charge in [-0.3, -0.25) is 4.98 Å². The smallest absolute Gasteiger partial charge is 0.162 e. The lowest BCUT2D eigenvalue weighted by atomic mass is 10.1. The van der Waals surface area contributed by atoms with E-state index < -0.39 is 0 Å². The molecule has 0 saturated heterocycles. The molecule has 106 valence electrons. The fourth-order valence-corrected chi connectivity index (χ4v) is 2.70. The van der Waals surface area contributed by atoms with E-state index in [9.17, 15) is 0 Å². The maximum Gasteiger partial charge on any atom is 0.162 e. The van der Waals surface area contributed by atoms with Crippen LogP contribution in [0.25, 0.3) is 22.3 Å². The quantitative estimate of drug-likeness (QED) is 0.781. The lowest BCUT2D eigenvalue weighted by Crippen LogP contribution is -2.03. The van der Waals surface area contributed by atoms with E-state index in [1.165, 1.54) is 0 Å². The van der Waals surface area contributed by atoms with Crippen molar-refractivity contribution in [1.82, 2.24) is 15.0 Å². The Balaban J connectivity index is 2.23. The Hall–Kier alpha value is -2.01. The Morgan fingerprint density at radius 3 is 2.76 bits per heavy atom. The molecule has 2 N–H and O–H groups in total. The van der Waals surface area contributed by atoms with Crippen molar-refractivity contribution in [3.05, 3.63) is 46.7 Å². The number of rotatable bonds is 3. The molecule has 5 heteroatoms. The van der Waals surface area contributed by atoms with Crippen LogP contribution in [0.5, 0.6) is 0 Å². The van der Waals surface area contributed by atoms with Crippen LogP contribution in [0.2, 0.25) is 0 Å². The Bertz CT molecular complexity index is 796. The van der Waals surface area contributed by atoms with Gasteiger partial charge in [0, 0.05) is 17.1 Å². The first-order valence-electron chi connectivity index (χ1n) is 6.86. The highest BCUT2D eigenvalue weighted by atomic mass is 79.9. The molecule has 3 aromatic rings. The van der Waals surface area contributed by atoms with Crippen LogP contribution in [0.1, 0.15) is 19.0 Å². The van der Waals surface area contributed by atoms with Crippen molar-refractivity contribution >= 4 is 32.7 Å². The summed E-state index contributed by atoms with van der Waals surface area (Å²) < 4.78 is 0.798. The molecule has 3 rings (SSSR count). The number of hydrogen-bond acceptors (Lipinski definition) is 4. The summed E-state index contributed by atoms with van der Waals surface area (Å²) in [6, 6.07) is 9.90. The van der Waals surface area contributed by atoms with E-state index in [0.717, 1.165) is 39.5 Å². The van der Waals surface area contributed by atoms with Gasteiger partial charge in [0.15, 0.2) is 5.82 Å². The van der Waals surface area contributed by atoms with Gasteiger partial charge in [0.2, 0.25) is 0 Å². The minimum atomic E-state index is 0.476. The van der Waals surface area contributed by atoms with E-state index in [1.807, 2.05) is 30.3 Å². The van der Waals surface area contributed by atoms with Gasteiger partial charge in [-0.25, -0.2) is 9.97 Å². The summed E-state index contributed by atoms with van der Waals surface area (Å²) in [5, 5.41) is 1.03. The molecule has 0 spiro atoms. The summed E-state index contributed by atoms with van der Waals surface area (Å²) in [6.45, 7) is 2.12. The molecule has 2 aromatic heterocycles. The Morgan fingerprint density at radius 1 is 1.14 bits per heavy atom. The van der Waals surface area contributed by atoms with Gasteiger partial charge >= 0.3 is 0 Å². The third kappa shape index (κ3) is 2.61. The number of fused-ring (bicyclic) bond motifs is 1. The SMILES string of the molecule is CCCc1nc(-c2ccnc3ccccc23)nc(N)c1Br. The van der Waals surface area contributed by atoms with Crippen molar-refractivity contribution in [2.45, 2.75) is 19.8 Å². The van der Waals surface area contributed by atoms with Gasteiger partial charge in [0.05, 0.1) is 15.7 Å². The first-order chi connectivity index (χ1) is 10.2. The highest BCUT2D eigenvalue weighted by Crippen LogP contribution is 2.29. The summed E-state index contributed by atoms with van der Waals surface area (Å²) in [7, 11) is 0. The van der Waals surface area contributed by atoms with Crippen molar-refractivity contribution in [3.63, 3.8) is 0 Å². The summed E-state index contributed by atoms with van der Waals surface area (Å²) in [5.41, 5.74) is 8.85. The molecule has 0 amide bonds. The number of anilines is 1. The van der Waals surface area contributed by atoms with Crippen molar-refractivity contribution in [2.75, 3.05) is 5.73 Å². The number of nitrogens with zero attached hydrogens (tertiary/aromatic N) is 3. The highest BCUT2D eigenvalue weighted by molar-refractivity contribution is 9.10. The molecule has 0 aliphatic carbocycles. The van der Waals surface area contributed by atoms with E-state index in [1.54, 1.807) is 6.20 Å². The molecule has 0 bridgehead atoms. The van der Waals surface area contributed by atoms with E-state index in [0.29, 0.717) is 11.6 Å². The number of aryl methyl sites for hydroxylation is 1. The zero-order valence-electron chi connectivity index (χ0n) is 11.7. The summed E-state index contributed by atoms with van der Waals surface area (Å²) >= 11 is 3.48. The largest absolute Gasteiger partial charge is 0.383 e. The van der Waals surface area contributed by atoms with E-state index in [-0.39, 0.29) is 0 Å². The first kappa shape index (κ1) is 13.9. The molecule has 4 nitrogen and oxygen atoms in total. The second-order valence-electron chi connectivity index (χ2n) is 4.82. The number of nitrogens with two attached hydrogens (primary N) is 1. The van der Waals surface area contributed by atoms with Crippen LogP contribution in [0.3, 0.4) is 0 Å². The van der Waals surface area contributed by atoms with E-state index >= 15 is 0 Å². The van der Waals surface area contributed by atoms with Gasteiger partial charge in [-0.05, 0) is 34.5 Å². The molecule has 0 saturated carbocycles. The lowest BCUT2D eigenvalue weighted by Gasteiger charge is -2.10. The Labute approximate surface area is 131 Å². The average Bonchev–Trinajstić information content (AvgIpc) is 2.51. The van der Waals surface area contributed by atoms with Gasteiger partial charge in [-0.1, -0.05) is 31.5 Å². The van der Waals surface area contributed by atoms with E-state index in [2.05, 4.69) is 37.8 Å². The van der Waals surface area contributed by atoms with Gasteiger partial charge in [0.1, 0.15) is 5.82 Å². The first-order valence-corrected chi connectivity index (χ1v) is 7.66. The van der Waals surface area contributed by atoms with Gasteiger partial charge in [-0.15, -0.1) is 0 Å². The predicted octanol–water partition coefficient (Wildman–Crippen LogP) is 3.99. The fraction of sp³-hybridized carbons (Fsp3) is 0.188. The molecular formula is C16H15BrN4. The standard InChI is InChI=1S/C16H15BrN4/c1-2-5-13-14(17)15(18)21-16(20-13)11-8-9-19-12-7-4-3-6-10(11)12/h3-4,6-9H,2,5H2,1H3,(H2,18,20,21). The minimum Gasteiger partial charge on any atom is -0.383 e. The molecule has 1 aromatic carbocycles. The number of hydrogen-bond donors (Lipinski definition) is 1. The van der Waals surface area contributed by atoms with Crippen LogP contribution in [0.15, 0.2) is 41.0 Å². The van der Waals surface area contributed by atoms with Crippen molar-refractivity contribution in [1.29, 1.82) is 0 Å². The van der Waals surface area contributed by atoms with Crippen molar-refractivity contribution < 1.29 is 0 Å². The molecule has 21 heavy (non-hydrogen) atoms. The van der Waals surface area contributed by atoms with Crippen LogP contribution >= 0.6 is 15.9 Å². The topological polar surface area (TPSA) is 64.7 Å². The highest BCUT2D eigenvalue weighted by Gasteiger charge is 2.13. The lowest BCUT2D eigenvalue weighted by molar-refractivity contribution is 0.870. The molecule has 0 radical (unpaired) electrons. The second-order valence-corrected chi connectivity index (χ2v) is 5.61. The summed E-state index contributed by atoms with van der Waals surface area (Å²) in [5.74, 6) is 1.13. The normalized spacial score (nSPS) is 11.0. The minimum absolute atomic E-state index is 0.476.